The number of fused-ring (bicyclic) bond motifs is 1. The molecular formula is C19H20ClN3O3S3. The van der Waals surface area contributed by atoms with E-state index in [0.717, 1.165) is 41.0 Å². The first-order valence-corrected chi connectivity index (χ1v) is 12.9. The van der Waals surface area contributed by atoms with Gasteiger partial charge in [-0.3, -0.25) is 4.79 Å². The first-order valence-electron chi connectivity index (χ1n) is 9.44. The van der Waals surface area contributed by atoms with Crippen LogP contribution in [0.4, 0.5) is 5.00 Å². The van der Waals surface area contributed by atoms with Crippen LogP contribution in [-0.2, 0) is 27.7 Å². The predicted octanol–water partition coefficient (Wildman–Crippen LogP) is 4.25. The van der Waals surface area contributed by atoms with Gasteiger partial charge in [0.15, 0.2) is 0 Å². The van der Waals surface area contributed by atoms with Crippen LogP contribution >= 0.6 is 34.3 Å². The lowest BCUT2D eigenvalue weighted by Crippen LogP contribution is -2.42. The maximum atomic E-state index is 13.0. The van der Waals surface area contributed by atoms with E-state index in [1.807, 2.05) is 0 Å². The van der Waals surface area contributed by atoms with Gasteiger partial charge >= 0.3 is 0 Å². The Morgan fingerprint density at radius 2 is 2.14 bits per heavy atom. The van der Waals surface area contributed by atoms with E-state index in [0.29, 0.717) is 40.2 Å². The van der Waals surface area contributed by atoms with Crippen LogP contribution < -0.4 is 5.32 Å². The van der Waals surface area contributed by atoms with Crippen molar-refractivity contribution in [1.29, 1.82) is 5.26 Å². The van der Waals surface area contributed by atoms with Crippen molar-refractivity contribution < 1.29 is 13.2 Å². The number of anilines is 1. The number of amides is 1. The Labute approximate surface area is 183 Å². The number of nitrogens with zero attached hydrogens (tertiary/aromatic N) is 2. The Morgan fingerprint density at radius 1 is 1.34 bits per heavy atom. The normalized spacial score (nSPS) is 22.2. The summed E-state index contributed by atoms with van der Waals surface area (Å²) >= 11 is 8.33. The molecule has 154 valence electrons. The Kier molecular flexibility index (Phi) is 5.75. The number of thiophene rings is 2. The van der Waals surface area contributed by atoms with Gasteiger partial charge in [-0.25, -0.2) is 8.42 Å². The molecule has 0 spiro atoms. The minimum Gasteiger partial charge on any atom is -0.315 e. The van der Waals surface area contributed by atoms with Crippen LogP contribution in [0.1, 0.15) is 42.2 Å². The summed E-state index contributed by atoms with van der Waals surface area (Å²) in [5.74, 6) is 0.182. The average Bonchev–Trinajstić information content (AvgIpc) is 3.39. The second-order valence-electron chi connectivity index (χ2n) is 7.49. The molecule has 10 heteroatoms. The lowest BCUT2D eigenvalue weighted by molar-refractivity contribution is -0.119. The Balaban J connectivity index is 1.58. The number of nitriles is 1. The minimum absolute atomic E-state index is 0.139. The summed E-state index contributed by atoms with van der Waals surface area (Å²) < 4.78 is 27.7. The molecule has 6 nitrogen and oxygen atoms in total. The monoisotopic (exact) mass is 469 g/mol. The van der Waals surface area contributed by atoms with Crippen LogP contribution in [0.3, 0.4) is 0 Å². The lowest BCUT2D eigenvalue weighted by Gasteiger charge is -2.22. The van der Waals surface area contributed by atoms with Crippen LogP contribution in [0, 0.1) is 17.2 Å². The smallest absolute Gasteiger partial charge is 0.253 e. The maximum Gasteiger partial charge on any atom is 0.253 e. The topological polar surface area (TPSA) is 90.3 Å². The van der Waals surface area contributed by atoms with Crippen molar-refractivity contribution in [2.45, 2.75) is 49.3 Å². The van der Waals surface area contributed by atoms with E-state index in [1.165, 1.54) is 21.7 Å². The lowest BCUT2D eigenvalue weighted by atomic mass is 9.88. The summed E-state index contributed by atoms with van der Waals surface area (Å²) in [4.78, 5) is 14.2. The first-order chi connectivity index (χ1) is 13.8. The Bertz CT molecular complexity index is 1100. The second-order valence-corrected chi connectivity index (χ2v) is 12.4. The van der Waals surface area contributed by atoms with Crippen molar-refractivity contribution in [3.8, 4) is 6.07 Å². The van der Waals surface area contributed by atoms with E-state index in [1.54, 1.807) is 6.07 Å². The summed E-state index contributed by atoms with van der Waals surface area (Å²) in [5.41, 5.74) is 1.57. The Morgan fingerprint density at radius 3 is 2.83 bits per heavy atom. The fourth-order valence-corrected chi connectivity index (χ4v) is 8.63. The highest BCUT2D eigenvalue weighted by Crippen LogP contribution is 2.40. The number of carbonyl (C=O) groups is 1. The molecule has 2 atom stereocenters. The number of hydrogen-bond acceptors (Lipinski definition) is 6. The first kappa shape index (κ1) is 20.8. The van der Waals surface area contributed by atoms with Gasteiger partial charge in [0.1, 0.15) is 21.3 Å². The molecule has 29 heavy (non-hydrogen) atoms. The van der Waals surface area contributed by atoms with Crippen LogP contribution in [0.25, 0.3) is 0 Å². The molecule has 1 amide bonds. The largest absolute Gasteiger partial charge is 0.315 e. The third kappa shape index (κ3) is 3.84. The van der Waals surface area contributed by atoms with Gasteiger partial charge in [0.25, 0.3) is 10.0 Å². The highest BCUT2D eigenvalue weighted by molar-refractivity contribution is 7.91. The van der Waals surface area contributed by atoms with Crippen molar-refractivity contribution in [1.82, 2.24) is 4.31 Å². The van der Waals surface area contributed by atoms with Gasteiger partial charge in [0.2, 0.25) is 5.91 Å². The average molecular weight is 470 g/mol. The SMILES string of the molecule is C[C@H]1CCc2c(sc(NC(=O)[C@@H]3CCCN3S(=O)(=O)c3ccc(Cl)s3)c2C#N)C1. The molecule has 4 rings (SSSR count). The van der Waals surface area contributed by atoms with Gasteiger partial charge < -0.3 is 5.32 Å². The molecule has 1 saturated heterocycles. The molecule has 0 saturated carbocycles. The molecule has 2 aromatic heterocycles. The van der Waals surface area contributed by atoms with E-state index in [4.69, 9.17) is 11.6 Å². The van der Waals surface area contributed by atoms with Gasteiger partial charge in [-0.2, -0.15) is 9.57 Å². The van der Waals surface area contributed by atoms with Crippen molar-refractivity contribution >= 4 is 55.2 Å². The number of carbonyl (C=O) groups excluding carboxylic acids is 1. The van der Waals surface area contributed by atoms with Gasteiger partial charge in [0, 0.05) is 11.4 Å². The molecule has 1 N–H and O–H groups in total. The van der Waals surface area contributed by atoms with Crippen LogP contribution in [0.2, 0.25) is 4.34 Å². The highest BCUT2D eigenvalue weighted by Gasteiger charge is 2.40. The fourth-order valence-electron chi connectivity index (χ4n) is 3.99. The van der Waals surface area contributed by atoms with Crippen molar-refractivity contribution in [2.24, 2.45) is 5.92 Å². The summed E-state index contributed by atoms with van der Waals surface area (Å²) in [5, 5.41) is 13.0. The fraction of sp³-hybridized carbons (Fsp3) is 0.474. The molecular weight excluding hydrogens is 450 g/mol. The van der Waals surface area contributed by atoms with Gasteiger partial charge in [-0.05, 0) is 55.7 Å². The molecule has 2 aromatic rings. The van der Waals surface area contributed by atoms with E-state index < -0.39 is 16.1 Å². The van der Waals surface area contributed by atoms with E-state index in [2.05, 4.69) is 18.3 Å². The van der Waals surface area contributed by atoms with Crippen LogP contribution in [0.15, 0.2) is 16.3 Å². The third-order valence-corrected chi connectivity index (χ3v) is 10.3. The maximum absolute atomic E-state index is 13.0. The quantitative estimate of drug-likeness (QED) is 0.724. The molecule has 2 aliphatic rings. The number of rotatable bonds is 4. The second kappa shape index (κ2) is 8.00. The standard InChI is InChI=1S/C19H20ClN3O3S3/c1-11-4-5-12-13(10-21)19(27-15(12)9-11)22-18(24)14-3-2-8-23(14)29(25,26)17-7-6-16(20)28-17/h6-7,11,14H,2-5,8-9H2,1H3,(H,22,24)/t11-,14-/m0/s1. The highest BCUT2D eigenvalue weighted by atomic mass is 35.5. The van der Waals surface area contributed by atoms with Crippen molar-refractivity contribution in [3.05, 3.63) is 32.5 Å². The third-order valence-electron chi connectivity index (χ3n) is 5.48. The van der Waals surface area contributed by atoms with Gasteiger partial charge in [-0.1, -0.05) is 18.5 Å². The minimum atomic E-state index is -3.78. The summed E-state index contributed by atoms with van der Waals surface area (Å²) in [6.45, 7) is 2.48. The zero-order valence-corrected chi connectivity index (χ0v) is 19.0. The molecule has 1 aliphatic carbocycles. The Hall–Kier alpha value is -1.44. The molecule has 0 radical (unpaired) electrons. The van der Waals surface area contributed by atoms with Crippen LogP contribution in [0.5, 0.6) is 0 Å². The van der Waals surface area contributed by atoms with Gasteiger partial charge in [-0.15, -0.1) is 22.7 Å². The molecule has 0 unspecified atom stereocenters. The van der Waals surface area contributed by atoms with Crippen LogP contribution in [-0.4, -0.2) is 31.2 Å². The summed E-state index contributed by atoms with van der Waals surface area (Å²) in [7, 11) is -3.78. The molecule has 0 aromatic carbocycles. The van der Waals surface area contributed by atoms with E-state index in [-0.39, 0.29) is 10.1 Å². The molecule has 0 bridgehead atoms. The van der Waals surface area contributed by atoms with Crippen molar-refractivity contribution in [2.75, 3.05) is 11.9 Å². The van der Waals surface area contributed by atoms with Gasteiger partial charge in [0.05, 0.1) is 9.90 Å². The van der Waals surface area contributed by atoms with E-state index in [9.17, 15) is 18.5 Å². The predicted molar refractivity (Wildman–Crippen MR) is 115 cm³/mol. The van der Waals surface area contributed by atoms with Crippen molar-refractivity contribution in [3.63, 3.8) is 0 Å². The van der Waals surface area contributed by atoms with E-state index >= 15 is 0 Å². The summed E-state index contributed by atoms with van der Waals surface area (Å²) in [6, 6.07) is 4.46. The number of nitrogens with one attached hydrogen (secondary N) is 1. The molecule has 1 aliphatic heterocycles. The summed E-state index contributed by atoms with van der Waals surface area (Å²) in [6.07, 6.45) is 3.85. The molecule has 1 fully saturated rings. The molecule has 3 heterocycles. The zero-order valence-electron chi connectivity index (χ0n) is 15.8. The number of hydrogen-bond donors (Lipinski definition) is 1. The number of sulfonamides is 1. The zero-order chi connectivity index (χ0) is 20.8. The number of halogens is 1.